The molecule has 0 bridgehead atoms. The Kier molecular flexibility index (Phi) is 6.96. The van der Waals surface area contributed by atoms with E-state index in [4.69, 9.17) is 9.47 Å². The predicted molar refractivity (Wildman–Crippen MR) is 118 cm³/mol. The largest absolute Gasteiger partial charge is 0.492 e. The highest BCUT2D eigenvalue weighted by Crippen LogP contribution is 2.38. The third kappa shape index (κ3) is 5.11. The summed E-state index contributed by atoms with van der Waals surface area (Å²) in [5.41, 5.74) is 0.611. The highest BCUT2D eigenvalue weighted by atomic mass is 32.2. The van der Waals surface area contributed by atoms with Gasteiger partial charge in [-0.25, -0.2) is 8.42 Å². The molecule has 1 heterocycles. The average Bonchev–Trinajstić information content (AvgIpc) is 3.27. The van der Waals surface area contributed by atoms with Gasteiger partial charge in [-0.15, -0.1) is 11.3 Å². The van der Waals surface area contributed by atoms with Crippen molar-refractivity contribution >= 4 is 38.6 Å². The van der Waals surface area contributed by atoms with Crippen molar-refractivity contribution in [3.8, 4) is 11.5 Å². The molecule has 1 aromatic heterocycles. The minimum atomic E-state index is -3.83. The normalized spacial score (nSPS) is 11.0. The van der Waals surface area contributed by atoms with E-state index in [1.807, 2.05) is 5.38 Å². The van der Waals surface area contributed by atoms with E-state index in [1.54, 1.807) is 50.2 Å². The van der Waals surface area contributed by atoms with Crippen molar-refractivity contribution in [1.82, 2.24) is 0 Å². The van der Waals surface area contributed by atoms with Gasteiger partial charge in [-0.2, -0.15) is 0 Å². The molecule has 3 rings (SSSR count). The Morgan fingerprint density at radius 3 is 2.17 bits per heavy atom. The molecule has 0 aliphatic carbocycles. The van der Waals surface area contributed by atoms with Crippen molar-refractivity contribution in [3.63, 3.8) is 0 Å². The Morgan fingerprint density at radius 1 is 0.933 bits per heavy atom. The Bertz CT molecular complexity index is 1100. The predicted octanol–water partition coefficient (Wildman–Crippen LogP) is 4.60. The monoisotopic (exact) mass is 446 g/mol. The third-order valence-corrected chi connectivity index (χ3v) is 6.22. The Morgan fingerprint density at radius 2 is 1.57 bits per heavy atom. The van der Waals surface area contributed by atoms with Crippen LogP contribution in [0.2, 0.25) is 0 Å². The van der Waals surface area contributed by atoms with Crippen LogP contribution in [0.1, 0.15) is 23.5 Å². The number of hydrogen-bond acceptors (Lipinski definition) is 6. The maximum atomic E-state index is 12.8. The summed E-state index contributed by atoms with van der Waals surface area (Å²) < 4.78 is 39.4. The molecule has 30 heavy (non-hydrogen) atoms. The number of carbonyl (C=O) groups is 1. The number of sulfonamides is 1. The summed E-state index contributed by atoms with van der Waals surface area (Å²) in [5.74, 6) is 0.324. The molecule has 0 spiro atoms. The van der Waals surface area contributed by atoms with E-state index < -0.39 is 10.0 Å². The number of hydrogen-bond donors (Lipinski definition) is 2. The van der Waals surface area contributed by atoms with Crippen molar-refractivity contribution < 1.29 is 22.7 Å². The molecule has 0 fully saturated rings. The van der Waals surface area contributed by atoms with E-state index >= 15 is 0 Å². The molecule has 0 radical (unpaired) electrons. The first-order chi connectivity index (χ1) is 14.4. The molecule has 0 aliphatic heterocycles. The molecule has 9 heteroatoms. The molecule has 3 aromatic rings. The zero-order valence-electron chi connectivity index (χ0n) is 16.5. The van der Waals surface area contributed by atoms with Crippen LogP contribution in [0.4, 0.5) is 11.4 Å². The second kappa shape index (κ2) is 9.64. The van der Waals surface area contributed by atoms with Gasteiger partial charge in [-0.1, -0.05) is 24.3 Å². The number of thiophene rings is 1. The smallest absolute Gasteiger partial charge is 0.265 e. The van der Waals surface area contributed by atoms with Crippen LogP contribution in [0, 0.1) is 0 Å². The van der Waals surface area contributed by atoms with Gasteiger partial charge < -0.3 is 14.8 Å². The fraction of sp³-hybridized carbons (Fsp3) is 0.190. The van der Waals surface area contributed by atoms with E-state index in [2.05, 4.69) is 10.0 Å². The zero-order valence-corrected chi connectivity index (χ0v) is 18.2. The second-order valence-electron chi connectivity index (χ2n) is 6.06. The highest BCUT2D eigenvalue weighted by molar-refractivity contribution is 7.92. The molecule has 2 aromatic carbocycles. The number of nitrogens with one attached hydrogen (secondary N) is 2. The first kappa shape index (κ1) is 21.7. The van der Waals surface area contributed by atoms with Crippen LogP contribution < -0.4 is 19.5 Å². The van der Waals surface area contributed by atoms with Crippen LogP contribution in [0.15, 0.2) is 64.9 Å². The lowest BCUT2D eigenvalue weighted by Crippen LogP contribution is -2.15. The lowest BCUT2D eigenvalue weighted by atomic mass is 10.2. The standard InChI is InChI=1S/C21H22N2O5S2/c1-3-27-18-14-17(23-30(25,26)15-9-6-5-7-10-15)19(28-4-2)13-16(18)22-21(24)20-11-8-12-29-20/h5-14,23H,3-4H2,1-2H3,(H,22,24). The van der Waals surface area contributed by atoms with Crippen molar-refractivity contribution in [2.24, 2.45) is 0 Å². The SMILES string of the molecule is CCOc1cc(NS(=O)(=O)c2ccccc2)c(OCC)cc1NC(=O)c1cccs1. The van der Waals surface area contributed by atoms with Gasteiger partial charge in [-0.05, 0) is 37.4 Å². The minimum Gasteiger partial charge on any atom is -0.492 e. The second-order valence-corrected chi connectivity index (χ2v) is 8.69. The first-order valence-electron chi connectivity index (χ1n) is 9.31. The molecule has 7 nitrogen and oxygen atoms in total. The van der Waals surface area contributed by atoms with Crippen LogP contribution in [-0.2, 0) is 10.0 Å². The van der Waals surface area contributed by atoms with Crippen molar-refractivity contribution in [3.05, 3.63) is 64.9 Å². The van der Waals surface area contributed by atoms with E-state index in [1.165, 1.54) is 29.5 Å². The van der Waals surface area contributed by atoms with Crippen molar-refractivity contribution in [2.75, 3.05) is 23.3 Å². The van der Waals surface area contributed by atoms with Gasteiger partial charge in [0.2, 0.25) is 0 Å². The van der Waals surface area contributed by atoms with Crippen molar-refractivity contribution in [2.45, 2.75) is 18.7 Å². The van der Waals surface area contributed by atoms with Crippen molar-refractivity contribution in [1.29, 1.82) is 0 Å². The van der Waals surface area contributed by atoms with Gasteiger partial charge in [0.15, 0.2) is 0 Å². The lowest BCUT2D eigenvalue weighted by Gasteiger charge is -2.18. The van der Waals surface area contributed by atoms with Gasteiger partial charge in [0.05, 0.1) is 34.4 Å². The number of benzene rings is 2. The number of carbonyl (C=O) groups excluding carboxylic acids is 1. The summed E-state index contributed by atoms with van der Waals surface area (Å²) in [7, 11) is -3.83. The topological polar surface area (TPSA) is 93.7 Å². The quantitative estimate of drug-likeness (QED) is 0.501. The molecule has 0 saturated heterocycles. The van der Waals surface area contributed by atoms with E-state index in [-0.39, 0.29) is 22.2 Å². The summed E-state index contributed by atoms with van der Waals surface area (Å²) in [5, 5.41) is 4.62. The zero-order chi connectivity index (χ0) is 21.6. The summed E-state index contributed by atoms with van der Waals surface area (Å²) >= 11 is 1.32. The molecule has 0 atom stereocenters. The van der Waals surface area contributed by atoms with Crippen LogP contribution in [-0.4, -0.2) is 27.5 Å². The molecule has 158 valence electrons. The minimum absolute atomic E-state index is 0.125. The maximum absolute atomic E-state index is 12.8. The molecular weight excluding hydrogens is 424 g/mol. The molecule has 0 unspecified atom stereocenters. The molecule has 0 aliphatic rings. The molecule has 2 N–H and O–H groups in total. The van der Waals surface area contributed by atoms with E-state index in [9.17, 15) is 13.2 Å². The number of ether oxygens (including phenoxy) is 2. The van der Waals surface area contributed by atoms with Crippen LogP contribution in [0.25, 0.3) is 0 Å². The van der Waals surface area contributed by atoms with Gasteiger partial charge in [-0.3, -0.25) is 9.52 Å². The van der Waals surface area contributed by atoms with Gasteiger partial charge in [0.1, 0.15) is 11.5 Å². The Labute approximate surface area is 179 Å². The first-order valence-corrected chi connectivity index (χ1v) is 11.7. The number of anilines is 2. The van der Waals surface area contributed by atoms with E-state index in [0.717, 1.165) is 0 Å². The van der Waals surface area contributed by atoms with Gasteiger partial charge >= 0.3 is 0 Å². The van der Waals surface area contributed by atoms with Gasteiger partial charge in [0, 0.05) is 12.1 Å². The van der Waals surface area contributed by atoms with Crippen LogP contribution in [0.3, 0.4) is 0 Å². The summed E-state index contributed by atoms with van der Waals surface area (Å²) in [6.07, 6.45) is 0. The summed E-state index contributed by atoms with van der Waals surface area (Å²) in [6, 6.07) is 14.6. The average molecular weight is 447 g/mol. The Hall–Kier alpha value is -3.04. The number of rotatable bonds is 9. The third-order valence-electron chi connectivity index (χ3n) is 3.97. The molecule has 0 saturated carbocycles. The maximum Gasteiger partial charge on any atom is 0.265 e. The van der Waals surface area contributed by atoms with Gasteiger partial charge in [0.25, 0.3) is 15.9 Å². The summed E-state index contributed by atoms with van der Waals surface area (Å²) in [4.78, 5) is 13.2. The number of amides is 1. The fourth-order valence-electron chi connectivity index (χ4n) is 2.68. The van der Waals surface area contributed by atoms with E-state index in [0.29, 0.717) is 29.5 Å². The highest BCUT2D eigenvalue weighted by Gasteiger charge is 2.20. The van der Waals surface area contributed by atoms with Crippen LogP contribution >= 0.6 is 11.3 Å². The molecular formula is C21H22N2O5S2. The Balaban J connectivity index is 1.98. The van der Waals surface area contributed by atoms with Crippen LogP contribution in [0.5, 0.6) is 11.5 Å². The summed E-state index contributed by atoms with van der Waals surface area (Å²) in [6.45, 7) is 4.23. The fourth-order valence-corrected chi connectivity index (χ4v) is 4.38. The molecule has 1 amide bonds. The lowest BCUT2D eigenvalue weighted by molar-refractivity contribution is 0.103.